The van der Waals surface area contributed by atoms with Crippen molar-refractivity contribution in [1.29, 1.82) is 0 Å². The molecule has 0 atom stereocenters. The number of anilines is 1. The van der Waals surface area contributed by atoms with E-state index < -0.39 is 0 Å². The third-order valence-corrected chi connectivity index (χ3v) is 2.81. The van der Waals surface area contributed by atoms with Gasteiger partial charge in [0.25, 0.3) is 0 Å². The Hall–Kier alpha value is -1.48. The lowest BCUT2D eigenvalue weighted by Gasteiger charge is -2.06. The molecule has 82 valence electrons. The summed E-state index contributed by atoms with van der Waals surface area (Å²) in [7, 11) is 0. The predicted octanol–water partition coefficient (Wildman–Crippen LogP) is 3.77. The smallest absolute Gasteiger partial charge is 0.115 e. The second-order valence-electron chi connectivity index (χ2n) is 3.53. The van der Waals surface area contributed by atoms with E-state index in [2.05, 4.69) is 21.2 Å². The molecule has 2 nitrogen and oxygen atoms in total. The van der Waals surface area contributed by atoms with Gasteiger partial charge in [0.05, 0.1) is 0 Å². The summed E-state index contributed by atoms with van der Waals surface area (Å²) in [5, 5.41) is 12.5. The molecule has 0 fully saturated rings. The maximum atomic E-state index is 9.15. The van der Waals surface area contributed by atoms with Crippen molar-refractivity contribution in [2.75, 3.05) is 5.32 Å². The van der Waals surface area contributed by atoms with E-state index in [0.717, 1.165) is 22.3 Å². The van der Waals surface area contributed by atoms with Gasteiger partial charge in [0.1, 0.15) is 5.75 Å². The van der Waals surface area contributed by atoms with Crippen LogP contribution in [-0.2, 0) is 6.54 Å². The Balaban J connectivity index is 1.97. The van der Waals surface area contributed by atoms with E-state index in [1.54, 1.807) is 12.1 Å². The Bertz CT molecular complexity index is 405. The monoisotopic (exact) mass is 277 g/mol. The minimum atomic E-state index is 0.299. The van der Waals surface area contributed by atoms with Crippen molar-refractivity contribution in [3.8, 4) is 5.75 Å². The minimum absolute atomic E-state index is 0.299. The first kappa shape index (κ1) is 11.0. The van der Waals surface area contributed by atoms with E-state index >= 15 is 0 Å². The molecule has 2 aromatic carbocycles. The Labute approximate surface area is 103 Å². The summed E-state index contributed by atoms with van der Waals surface area (Å²) in [5.41, 5.74) is 2.22. The van der Waals surface area contributed by atoms with Crippen molar-refractivity contribution in [3.63, 3.8) is 0 Å². The zero-order valence-electron chi connectivity index (χ0n) is 8.65. The third-order valence-electron chi connectivity index (χ3n) is 2.28. The molecule has 3 heteroatoms. The van der Waals surface area contributed by atoms with Gasteiger partial charge in [-0.05, 0) is 42.0 Å². The Morgan fingerprint density at radius 3 is 2.19 bits per heavy atom. The number of nitrogens with one attached hydrogen (secondary N) is 1. The standard InChI is InChI=1S/C13H12BrNO/c14-11-3-5-12(6-4-11)15-9-10-1-7-13(16)8-2-10/h1-8,15-16H,9H2. The summed E-state index contributed by atoms with van der Waals surface area (Å²) >= 11 is 3.39. The van der Waals surface area contributed by atoms with Gasteiger partial charge in [0, 0.05) is 16.7 Å². The van der Waals surface area contributed by atoms with E-state index in [4.69, 9.17) is 5.11 Å². The molecule has 0 saturated carbocycles. The van der Waals surface area contributed by atoms with Gasteiger partial charge in [-0.2, -0.15) is 0 Å². The van der Waals surface area contributed by atoms with E-state index in [9.17, 15) is 0 Å². The highest BCUT2D eigenvalue weighted by atomic mass is 79.9. The third kappa shape index (κ3) is 3.00. The molecule has 0 bridgehead atoms. The summed E-state index contributed by atoms with van der Waals surface area (Å²) in [6.45, 7) is 0.752. The van der Waals surface area contributed by atoms with Crippen molar-refractivity contribution < 1.29 is 5.11 Å². The number of phenolic OH excluding ortho intramolecular Hbond substituents is 1. The number of phenols is 1. The van der Waals surface area contributed by atoms with Crippen molar-refractivity contribution in [3.05, 3.63) is 58.6 Å². The largest absolute Gasteiger partial charge is 0.508 e. The SMILES string of the molecule is Oc1ccc(CNc2ccc(Br)cc2)cc1. The molecule has 0 aliphatic carbocycles. The van der Waals surface area contributed by atoms with Crippen LogP contribution in [0.4, 0.5) is 5.69 Å². The number of hydrogen-bond acceptors (Lipinski definition) is 2. The highest BCUT2D eigenvalue weighted by Gasteiger charge is 1.94. The normalized spacial score (nSPS) is 10.1. The number of hydrogen-bond donors (Lipinski definition) is 2. The fourth-order valence-electron chi connectivity index (χ4n) is 1.39. The van der Waals surface area contributed by atoms with Gasteiger partial charge in [-0.3, -0.25) is 0 Å². The molecule has 2 N–H and O–H groups in total. The minimum Gasteiger partial charge on any atom is -0.508 e. The summed E-state index contributed by atoms with van der Waals surface area (Å²) < 4.78 is 1.07. The Morgan fingerprint density at radius 1 is 0.938 bits per heavy atom. The average Bonchev–Trinajstić information content (AvgIpc) is 2.30. The molecule has 2 aromatic rings. The van der Waals surface area contributed by atoms with Crippen LogP contribution >= 0.6 is 15.9 Å². The van der Waals surface area contributed by atoms with Gasteiger partial charge in [0.2, 0.25) is 0 Å². The number of rotatable bonds is 3. The molecule has 0 aliphatic rings. The van der Waals surface area contributed by atoms with E-state index in [1.807, 2.05) is 36.4 Å². The maximum Gasteiger partial charge on any atom is 0.115 e. The van der Waals surface area contributed by atoms with Crippen LogP contribution in [0.3, 0.4) is 0 Å². The fraction of sp³-hybridized carbons (Fsp3) is 0.0769. The lowest BCUT2D eigenvalue weighted by Crippen LogP contribution is -1.98. The van der Waals surface area contributed by atoms with Crippen LogP contribution in [0.15, 0.2) is 53.0 Å². The first-order valence-corrected chi connectivity index (χ1v) is 5.81. The van der Waals surface area contributed by atoms with Gasteiger partial charge in [-0.15, -0.1) is 0 Å². The van der Waals surface area contributed by atoms with Gasteiger partial charge in [-0.25, -0.2) is 0 Å². The molecule has 0 heterocycles. The van der Waals surface area contributed by atoms with Crippen LogP contribution in [0.25, 0.3) is 0 Å². The van der Waals surface area contributed by atoms with Crippen LogP contribution in [0, 0.1) is 0 Å². The molecule has 0 aliphatic heterocycles. The fourth-order valence-corrected chi connectivity index (χ4v) is 1.65. The zero-order valence-corrected chi connectivity index (χ0v) is 10.2. The molecule has 16 heavy (non-hydrogen) atoms. The number of halogens is 1. The second kappa shape index (κ2) is 5.03. The Kier molecular flexibility index (Phi) is 3.47. The second-order valence-corrected chi connectivity index (χ2v) is 4.44. The van der Waals surface area contributed by atoms with Gasteiger partial charge in [0.15, 0.2) is 0 Å². The molecule has 2 rings (SSSR count). The van der Waals surface area contributed by atoms with E-state index in [0.29, 0.717) is 5.75 Å². The van der Waals surface area contributed by atoms with Crippen LogP contribution in [-0.4, -0.2) is 5.11 Å². The van der Waals surface area contributed by atoms with Gasteiger partial charge >= 0.3 is 0 Å². The van der Waals surface area contributed by atoms with Crippen LogP contribution in [0.2, 0.25) is 0 Å². The summed E-state index contributed by atoms with van der Waals surface area (Å²) in [5.74, 6) is 0.299. The molecule has 0 spiro atoms. The molecular formula is C13H12BrNO. The number of aromatic hydroxyl groups is 1. The van der Waals surface area contributed by atoms with E-state index in [-0.39, 0.29) is 0 Å². The van der Waals surface area contributed by atoms with Crippen LogP contribution < -0.4 is 5.32 Å². The number of benzene rings is 2. The zero-order chi connectivity index (χ0) is 11.4. The van der Waals surface area contributed by atoms with Crippen molar-refractivity contribution >= 4 is 21.6 Å². The highest BCUT2D eigenvalue weighted by molar-refractivity contribution is 9.10. The Morgan fingerprint density at radius 2 is 1.56 bits per heavy atom. The van der Waals surface area contributed by atoms with Crippen molar-refractivity contribution in [2.45, 2.75) is 6.54 Å². The maximum absolute atomic E-state index is 9.15. The average molecular weight is 278 g/mol. The molecule has 0 amide bonds. The summed E-state index contributed by atoms with van der Waals surface area (Å²) in [6.07, 6.45) is 0. The molecule has 0 aromatic heterocycles. The predicted molar refractivity (Wildman–Crippen MR) is 69.6 cm³/mol. The summed E-state index contributed by atoms with van der Waals surface area (Å²) in [6, 6.07) is 15.2. The first-order chi connectivity index (χ1) is 7.74. The van der Waals surface area contributed by atoms with Crippen molar-refractivity contribution in [1.82, 2.24) is 0 Å². The molecule has 0 radical (unpaired) electrons. The van der Waals surface area contributed by atoms with E-state index in [1.165, 1.54) is 0 Å². The lowest BCUT2D eigenvalue weighted by molar-refractivity contribution is 0.475. The quantitative estimate of drug-likeness (QED) is 0.895. The molecular weight excluding hydrogens is 266 g/mol. The first-order valence-electron chi connectivity index (χ1n) is 5.01. The van der Waals surface area contributed by atoms with Gasteiger partial charge in [-0.1, -0.05) is 28.1 Å². The van der Waals surface area contributed by atoms with Crippen LogP contribution in [0.1, 0.15) is 5.56 Å². The summed E-state index contributed by atoms with van der Waals surface area (Å²) in [4.78, 5) is 0. The highest BCUT2D eigenvalue weighted by Crippen LogP contribution is 2.15. The van der Waals surface area contributed by atoms with Crippen LogP contribution in [0.5, 0.6) is 5.75 Å². The molecule has 0 saturated heterocycles. The molecule has 0 unspecified atom stereocenters. The van der Waals surface area contributed by atoms with Gasteiger partial charge < -0.3 is 10.4 Å². The topological polar surface area (TPSA) is 32.3 Å². The lowest BCUT2D eigenvalue weighted by atomic mass is 10.2. The van der Waals surface area contributed by atoms with Crippen molar-refractivity contribution in [2.24, 2.45) is 0 Å².